The van der Waals surface area contributed by atoms with Crippen molar-refractivity contribution in [1.29, 1.82) is 0 Å². The summed E-state index contributed by atoms with van der Waals surface area (Å²) >= 11 is 0. The molecule has 0 bridgehead atoms. The van der Waals surface area contributed by atoms with E-state index in [0.29, 0.717) is 11.5 Å². The number of anilines is 2. The Morgan fingerprint density at radius 2 is 1.67 bits per heavy atom. The van der Waals surface area contributed by atoms with Crippen LogP contribution >= 0.6 is 0 Å². The first-order valence-corrected chi connectivity index (χ1v) is 10.0. The SMILES string of the molecule is COC(=O)c1ccc(-c2ncc(Nc3cccc(C(C)C)c3)c3ccccc23)cc1. The molecule has 150 valence electrons. The largest absolute Gasteiger partial charge is 0.465 e. The molecule has 0 saturated carbocycles. The number of methoxy groups -OCH3 is 1. The number of esters is 1. The summed E-state index contributed by atoms with van der Waals surface area (Å²) < 4.78 is 4.78. The van der Waals surface area contributed by atoms with E-state index in [1.165, 1.54) is 12.7 Å². The van der Waals surface area contributed by atoms with Crippen LogP contribution in [0, 0.1) is 0 Å². The number of ether oxygens (including phenoxy) is 1. The van der Waals surface area contributed by atoms with Crippen LogP contribution in [0.3, 0.4) is 0 Å². The molecule has 0 atom stereocenters. The molecule has 4 aromatic rings. The number of nitrogens with zero attached hydrogens (tertiary/aromatic N) is 1. The van der Waals surface area contributed by atoms with Gasteiger partial charge < -0.3 is 10.1 Å². The number of hydrogen-bond acceptors (Lipinski definition) is 4. The zero-order valence-corrected chi connectivity index (χ0v) is 17.3. The second-order valence-electron chi connectivity index (χ2n) is 7.54. The van der Waals surface area contributed by atoms with Crippen molar-refractivity contribution in [1.82, 2.24) is 4.98 Å². The highest BCUT2D eigenvalue weighted by Crippen LogP contribution is 2.33. The Labute approximate surface area is 176 Å². The molecule has 0 saturated heterocycles. The van der Waals surface area contributed by atoms with Crippen molar-refractivity contribution in [2.75, 3.05) is 12.4 Å². The normalized spacial score (nSPS) is 10.9. The van der Waals surface area contributed by atoms with Crippen molar-refractivity contribution in [2.24, 2.45) is 0 Å². The fraction of sp³-hybridized carbons (Fsp3) is 0.154. The lowest BCUT2D eigenvalue weighted by Gasteiger charge is -2.14. The predicted molar refractivity (Wildman–Crippen MR) is 122 cm³/mol. The molecule has 1 heterocycles. The van der Waals surface area contributed by atoms with Crippen LogP contribution < -0.4 is 5.32 Å². The molecule has 0 aliphatic rings. The third kappa shape index (κ3) is 3.90. The van der Waals surface area contributed by atoms with Crippen molar-refractivity contribution in [2.45, 2.75) is 19.8 Å². The van der Waals surface area contributed by atoms with Gasteiger partial charge >= 0.3 is 5.97 Å². The number of fused-ring (bicyclic) bond motifs is 1. The first kappa shape index (κ1) is 19.6. The lowest BCUT2D eigenvalue weighted by Crippen LogP contribution is -2.00. The van der Waals surface area contributed by atoms with Crippen LogP contribution in [0.5, 0.6) is 0 Å². The minimum absolute atomic E-state index is 0.345. The van der Waals surface area contributed by atoms with Gasteiger partial charge in [0.25, 0.3) is 0 Å². The van der Waals surface area contributed by atoms with Crippen molar-refractivity contribution in [3.63, 3.8) is 0 Å². The number of rotatable bonds is 5. The van der Waals surface area contributed by atoms with E-state index in [4.69, 9.17) is 9.72 Å². The van der Waals surface area contributed by atoms with E-state index in [9.17, 15) is 4.79 Å². The third-order valence-electron chi connectivity index (χ3n) is 5.21. The molecule has 0 spiro atoms. The average Bonchev–Trinajstić information content (AvgIpc) is 2.79. The second kappa shape index (κ2) is 8.37. The van der Waals surface area contributed by atoms with Crippen molar-refractivity contribution in [3.8, 4) is 11.3 Å². The fourth-order valence-corrected chi connectivity index (χ4v) is 3.54. The van der Waals surface area contributed by atoms with Gasteiger partial charge in [-0.25, -0.2) is 4.79 Å². The lowest BCUT2D eigenvalue weighted by atomic mass is 10.0. The van der Waals surface area contributed by atoms with E-state index >= 15 is 0 Å². The Balaban J connectivity index is 1.73. The van der Waals surface area contributed by atoms with Gasteiger partial charge in [0.2, 0.25) is 0 Å². The molecule has 1 aromatic heterocycles. The lowest BCUT2D eigenvalue weighted by molar-refractivity contribution is 0.0601. The highest BCUT2D eigenvalue weighted by atomic mass is 16.5. The highest BCUT2D eigenvalue weighted by molar-refractivity contribution is 6.02. The summed E-state index contributed by atoms with van der Waals surface area (Å²) in [6.45, 7) is 4.38. The minimum atomic E-state index is -0.345. The molecular formula is C26H24N2O2. The van der Waals surface area contributed by atoms with Crippen molar-refractivity contribution >= 4 is 28.1 Å². The molecule has 4 heteroatoms. The van der Waals surface area contributed by atoms with Crippen molar-refractivity contribution in [3.05, 3.63) is 90.1 Å². The minimum Gasteiger partial charge on any atom is -0.465 e. The highest BCUT2D eigenvalue weighted by Gasteiger charge is 2.11. The molecular weight excluding hydrogens is 372 g/mol. The summed E-state index contributed by atoms with van der Waals surface area (Å²) in [7, 11) is 1.38. The van der Waals surface area contributed by atoms with Crippen LogP contribution in [0.1, 0.15) is 35.7 Å². The third-order valence-corrected chi connectivity index (χ3v) is 5.21. The summed E-state index contributed by atoms with van der Waals surface area (Å²) in [5.74, 6) is 0.125. The van der Waals surface area contributed by atoms with Gasteiger partial charge in [0, 0.05) is 22.0 Å². The topological polar surface area (TPSA) is 51.2 Å². The van der Waals surface area contributed by atoms with E-state index in [-0.39, 0.29) is 5.97 Å². The van der Waals surface area contributed by atoms with Crippen LogP contribution in [0.4, 0.5) is 11.4 Å². The van der Waals surface area contributed by atoms with Gasteiger partial charge in [0.15, 0.2) is 0 Å². The first-order chi connectivity index (χ1) is 14.6. The maximum Gasteiger partial charge on any atom is 0.337 e. The molecule has 1 N–H and O–H groups in total. The summed E-state index contributed by atoms with van der Waals surface area (Å²) in [5, 5.41) is 5.67. The summed E-state index contributed by atoms with van der Waals surface area (Å²) in [4.78, 5) is 16.5. The molecule has 3 aromatic carbocycles. The van der Waals surface area contributed by atoms with E-state index in [1.807, 2.05) is 30.5 Å². The molecule has 0 aliphatic heterocycles. The van der Waals surface area contributed by atoms with Crippen LogP contribution in [0.15, 0.2) is 79.0 Å². The number of carbonyl (C=O) groups is 1. The van der Waals surface area contributed by atoms with Crippen LogP contribution in [0.25, 0.3) is 22.0 Å². The number of pyridine rings is 1. The molecule has 30 heavy (non-hydrogen) atoms. The molecule has 0 aliphatic carbocycles. The van der Waals surface area contributed by atoms with Gasteiger partial charge in [-0.1, -0.05) is 62.4 Å². The van der Waals surface area contributed by atoms with Gasteiger partial charge in [0.05, 0.1) is 30.3 Å². The Morgan fingerprint density at radius 1 is 0.933 bits per heavy atom. The number of aromatic nitrogens is 1. The number of carbonyl (C=O) groups excluding carboxylic acids is 1. The van der Waals surface area contributed by atoms with Gasteiger partial charge in [-0.05, 0) is 35.7 Å². The summed E-state index contributed by atoms with van der Waals surface area (Å²) in [5.41, 5.74) is 5.65. The monoisotopic (exact) mass is 396 g/mol. The smallest absolute Gasteiger partial charge is 0.337 e. The maximum atomic E-state index is 11.7. The standard InChI is InChI=1S/C26H24N2O2/c1-17(2)20-7-6-8-21(15-20)28-24-16-27-25(23-10-5-4-9-22(23)24)18-11-13-19(14-12-18)26(29)30-3/h4-17,28H,1-3H3. The van der Waals surface area contributed by atoms with E-state index in [0.717, 1.165) is 33.4 Å². The van der Waals surface area contributed by atoms with E-state index < -0.39 is 0 Å². The second-order valence-corrected chi connectivity index (χ2v) is 7.54. The summed E-state index contributed by atoms with van der Waals surface area (Å²) in [6.07, 6.45) is 1.87. The maximum absolute atomic E-state index is 11.7. The number of hydrogen-bond donors (Lipinski definition) is 1. The van der Waals surface area contributed by atoms with E-state index in [1.54, 1.807) is 12.1 Å². The average molecular weight is 396 g/mol. The molecule has 0 unspecified atom stereocenters. The predicted octanol–water partition coefficient (Wildman–Crippen LogP) is 6.56. The van der Waals surface area contributed by atoms with Crippen LogP contribution in [-0.4, -0.2) is 18.1 Å². The van der Waals surface area contributed by atoms with Crippen LogP contribution in [-0.2, 0) is 4.74 Å². The van der Waals surface area contributed by atoms with Gasteiger partial charge in [-0.3, -0.25) is 4.98 Å². The number of nitrogens with one attached hydrogen (secondary N) is 1. The zero-order chi connectivity index (χ0) is 21.1. The summed E-state index contributed by atoms with van der Waals surface area (Å²) in [6, 6.07) is 24.0. The van der Waals surface area contributed by atoms with Gasteiger partial charge in [0.1, 0.15) is 0 Å². The Kier molecular flexibility index (Phi) is 5.48. The van der Waals surface area contributed by atoms with Gasteiger partial charge in [-0.15, -0.1) is 0 Å². The molecule has 0 radical (unpaired) electrons. The first-order valence-electron chi connectivity index (χ1n) is 10.0. The zero-order valence-electron chi connectivity index (χ0n) is 17.3. The van der Waals surface area contributed by atoms with Gasteiger partial charge in [-0.2, -0.15) is 0 Å². The fourth-order valence-electron chi connectivity index (χ4n) is 3.54. The Morgan fingerprint density at radius 3 is 2.37 bits per heavy atom. The van der Waals surface area contributed by atoms with Crippen molar-refractivity contribution < 1.29 is 9.53 Å². The van der Waals surface area contributed by atoms with E-state index in [2.05, 4.69) is 55.6 Å². The number of benzene rings is 3. The quantitative estimate of drug-likeness (QED) is 0.388. The Hall–Kier alpha value is -3.66. The molecule has 0 fully saturated rings. The molecule has 0 amide bonds. The Bertz CT molecular complexity index is 1200. The molecule has 4 rings (SSSR count). The molecule has 4 nitrogen and oxygen atoms in total. The van der Waals surface area contributed by atoms with Crippen LogP contribution in [0.2, 0.25) is 0 Å².